The highest BCUT2D eigenvalue weighted by atomic mass is 32.2. The Bertz CT molecular complexity index is 877. The largest absolute Gasteiger partial charge is 0.494 e. The Hall–Kier alpha value is -2.80. The fraction of sp³-hybridized carbons (Fsp3) is 0.286. The van der Waals surface area contributed by atoms with Gasteiger partial charge in [-0.25, -0.2) is 4.99 Å². The molecule has 2 aromatic carbocycles. The van der Waals surface area contributed by atoms with Gasteiger partial charge >= 0.3 is 0 Å². The summed E-state index contributed by atoms with van der Waals surface area (Å²) in [4.78, 5) is 30.7. The van der Waals surface area contributed by atoms with Crippen molar-refractivity contribution in [1.82, 2.24) is 0 Å². The first kappa shape index (κ1) is 19.9. The van der Waals surface area contributed by atoms with Crippen LogP contribution in [-0.2, 0) is 9.59 Å². The van der Waals surface area contributed by atoms with Gasteiger partial charge in [0.1, 0.15) is 16.0 Å². The number of anilines is 2. The van der Waals surface area contributed by atoms with E-state index in [2.05, 4.69) is 10.3 Å². The van der Waals surface area contributed by atoms with Gasteiger partial charge in [0, 0.05) is 37.5 Å². The molecule has 1 aliphatic heterocycles. The van der Waals surface area contributed by atoms with E-state index in [0.29, 0.717) is 17.3 Å². The van der Waals surface area contributed by atoms with E-state index in [1.165, 1.54) is 11.8 Å². The molecule has 6 nitrogen and oxygen atoms in total. The second kappa shape index (κ2) is 8.93. The Morgan fingerprint density at radius 2 is 1.82 bits per heavy atom. The molecule has 2 aromatic rings. The molecule has 1 atom stereocenters. The molecule has 2 amide bonds. The summed E-state index contributed by atoms with van der Waals surface area (Å²) in [6, 6.07) is 15.0. The zero-order valence-electron chi connectivity index (χ0n) is 16.1. The van der Waals surface area contributed by atoms with E-state index in [-0.39, 0.29) is 18.2 Å². The summed E-state index contributed by atoms with van der Waals surface area (Å²) in [6.07, 6.45) is 0.0828. The van der Waals surface area contributed by atoms with Gasteiger partial charge in [-0.2, -0.15) is 0 Å². The number of rotatable bonds is 7. The van der Waals surface area contributed by atoms with Crippen LogP contribution in [0.5, 0.6) is 5.75 Å². The van der Waals surface area contributed by atoms with Crippen molar-refractivity contribution in [1.29, 1.82) is 0 Å². The van der Waals surface area contributed by atoms with Crippen LogP contribution in [-0.4, -0.2) is 42.8 Å². The molecule has 0 saturated carbocycles. The van der Waals surface area contributed by atoms with E-state index in [9.17, 15) is 9.59 Å². The minimum atomic E-state index is -0.494. The molecule has 146 valence electrons. The lowest BCUT2D eigenvalue weighted by molar-refractivity contribution is -0.121. The molecule has 7 heteroatoms. The normalized spacial score (nSPS) is 15.9. The predicted molar refractivity (Wildman–Crippen MR) is 115 cm³/mol. The summed E-state index contributed by atoms with van der Waals surface area (Å²) in [5.74, 6) is 0.272. The molecule has 28 heavy (non-hydrogen) atoms. The number of aliphatic imine (C=N–C) groups is 1. The topological polar surface area (TPSA) is 71.0 Å². The Morgan fingerprint density at radius 3 is 2.43 bits per heavy atom. The van der Waals surface area contributed by atoms with Crippen LogP contribution in [0.3, 0.4) is 0 Å². The molecular weight excluding hydrogens is 374 g/mol. The summed E-state index contributed by atoms with van der Waals surface area (Å²) in [5, 5.41) is 2.98. The molecule has 0 radical (unpaired) electrons. The third-order valence-electron chi connectivity index (χ3n) is 4.19. The van der Waals surface area contributed by atoms with Crippen molar-refractivity contribution in [3.63, 3.8) is 0 Å². The van der Waals surface area contributed by atoms with Crippen molar-refractivity contribution in [3.8, 4) is 5.75 Å². The van der Waals surface area contributed by atoms with Gasteiger partial charge in [-0.1, -0.05) is 23.9 Å². The van der Waals surface area contributed by atoms with Crippen molar-refractivity contribution in [3.05, 3.63) is 54.1 Å². The standard InChI is InChI=1S/C21H23N3O3S/c1-4-27-17-11-7-15(8-12-17)22-19(25)13-18-20(26)23-21(28-18)14-5-9-16(10-6-14)24(2)3/h5-12,18H,4,13H2,1-3H3,(H,22,25)/t18-/m0/s1. The molecule has 1 heterocycles. The smallest absolute Gasteiger partial charge is 0.260 e. The zero-order valence-corrected chi connectivity index (χ0v) is 17.0. The van der Waals surface area contributed by atoms with Crippen molar-refractivity contribution in [2.75, 3.05) is 30.9 Å². The van der Waals surface area contributed by atoms with Crippen molar-refractivity contribution >= 4 is 40.0 Å². The summed E-state index contributed by atoms with van der Waals surface area (Å²) >= 11 is 1.34. The van der Waals surface area contributed by atoms with E-state index < -0.39 is 5.25 Å². The van der Waals surface area contributed by atoms with Crippen molar-refractivity contribution in [2.45, 2.75) is 18.6 Å². The number of carbonyl (C=O) groups excluding carboxylic acids is 2. The lowest BCUT2D eigenvalue weighted by Crippen LogP contribution is -2.21. The first-order valence-corrected chi connectivity index (χ1v) is 9.94. The molecule has 1 aliphatic rings. The number of carbonyl (C=O) groups is 2. The van der Waals surface area contributed by atoms with Crippen LogP contribution in [0.15, 0.2) is 53.5 Å². The second-order valence-electron chi connectivity index (χ2n) is 6.51. The van der Waals surface area contributed by atoms with Gasteiger partial charge in [-0.3, -0.25) is 9.59 Å². The summed E-state index contributed by atoms with van der Waals surface area (Å²) < 4.78 is 5.38. The lowest BCUT2D eigenvalue weighted by Gasteiger charge is -2.12. The van der Waals surface area contributed by atoms with Gasteiger partial charge in [0.25, 0.3) is 5.91 Å². The van der Waals surface area contributed by atoms with E-state index in [1.807, 2.05) is 50.2 Å². The van der Waals surface area contributed by atoms with Crippen LogP contribution in [0.1, 0.15) is 18.9 Å². The fourth-order valence-electron chi connectivity index (χ4n) is 2.73. The number of hydrogen-bond acceptors (Lipinski definition) is 5. The van der Waals surface area contributed by atoms with Crippen LogP contribution in [0.4, 0.5) is 11.4 Å². The van der Waals surface area contributed by atoms with Gasteiger partial charge in [0.05, 0.1) is 6.61 Å². The summed E-state index contributed by atoms with van der Waals surface area (Å²) in [6.45, 7) is 2.51. The van der Waals surface area contributed by atoms with Crippen LogP contribution in [0.2, 0.25) is 0 Å². The van der Waals surface area contributed by atoms with Crippen LogP contribution >= 0.6 is 11.8 Å². The molecule has 0 saturated heterocycles. The van der Waals surface area contributed by atoms with Crippen LogP contribution in [0.25, 0.3) is 0 Å². The number of benzene rings is 2. The Morgan fingerprint density at radius 1 is 1.14 bits per heavy atom. The zero-order chi connectivity index (χ0) is 20.1. The van der Waals surface area contributed by atoms with E-state index in [1.54, 1.807) is 24.3 Å². The Kier molecular flexibility index (Phi) is 6.36. The first-order chi connectivity index (χ1) is 13.5. The molecule has 0 aromatic heterocycles. The maximum atomic E-state index is 12.3. The first-order valence-electron chi connectivity index (χ1n) is 9.06. The molecule has 0 aliphatic carbocycles. The monoisotopic (exact) mass is 397 g/mol. The van der Waals surface area contributed by atoms with Crippen LogP contribution in [0, 0.1) is 0 Å². The Balaban J connectivity index is 1.57. The number of amides is 2. The van der Waals surface area contributed by atoms with Gasteiger partial charge in [0.2, 0.25) is 5.91 Å². The minimum Gasteiger partial charge on any atom is -0.494 e. The summed E-state index contributed by atoms with van der Waals surface area (Å²) in [7, 11) is 3.94. The average molecular weight is 398 g/mol. The van der Waals surface area contributed by atoms with E-state index in [0.717, 1.165) is 17.0 Å². The van der Waals surface area contributed by atoms with Gasteiger partial charge in [0.15, 0.2) is 0 Å². The third kappa shape index (κ3) is 4.92. The number of nitrogens with zero attached hydrogens (tertiary/aromatic N) is 2. The molecule has 1 N–H and O–H groups in total. The number of ether oxygens (including phenoxy) is 1. The molecule has 0 unspecified atom stereocenters. The lowest BCUT2D eigenvalue weighted by atomic mass is 10.2. The van der Waals surface area contributed by atoms with Crippen molar-refractivity contribution in [2.24, 2.45) is 4.99 Å². The SMILES string of the molecule is CCOc1ccc(NC(=O)C[C@@H]2SC(c3ccc(N(C)C)cc3)=NC2=O)cc1. The van der Waals surface area contributed by atoms with Crippen LogP contribution < -0.4 is 15.0 Å². The molecule has 0 fully saturated rings. The fourth-order valence-corrected chi connectivity index (χ4v) is 3.80. The third-order valence-corrected chi connectivity index (χ3v) is 5.39. The number of hydrogen-bond donors (Lipinski definition) is 1. The number of nitrogens with one attached hydrogen (secondary N) is 1. The highest BCUT2D eigenvalue weighted by Crippen LogP contribution is 2.30. The highest BCUT2D eigenvalue weighted by molar-refractivity contribution is 8.16. The average Bonchev–Trinajstić information content (AvgIpc) is 3.04. The maximum absolute atomic E-state index is 12.3. The number of thioether (sulfide) groups is 1. The maximum Gasteiger partial charge on any atom is 0.260 e. The van der Waals surface area contributed by atoms with Gasteiger partial charge < -0.3 is 15.0 Å². The van der Waals surface area contributed by atoms with E-state index in [4.69, 9.17) is 4.74 Å². The highest BCUT2D eigenvalue weighted by Gasteiger charge is 2.31. The van der Waals surface area contributed by atoms with E-state index >= 15 is 0 Å². The summed E-state index contributed by atoms with van der Waals surface area (Å²) in [5.41, 5.74) is 2.63. The molecule has 0 spiro atoms. The molecular formula is C21H23N3O3S. The Labute approximate surface area is 169 Å². The predicted octanol–water partition coefficient (Wildman–Crippen LogP) is 3.57. The van der Waals surface area contributed by atoms with Crippen molar-refractivity contribution < 1.29 is 14.3 Å². The second-order valence-corrected chi connectivity index (χ2v) is 7.70. The van der Waals surface area contributed by atoms with Gasteiger partial charge in [-0.15, -0.1) is 0 Å². The molecule has 0 bridgehead atoms. The minimum absolute atomic E-state index is 0.0828. The quantitative estimate of drug-likeness (QED) is 0.773. The molecule has 3 rings (SSSR count). The van der Waals surface area contributed by atoms with Gasteiger partial charge in [-0.05, 0) is 43.3 Å².